The van der Waals surface area contributed by atoms with Gasteiger partial charge < -0.3 is 10.1 Å². The molecule has 37 heavy (non-hydrogen) atoms. The van der Waals surface area contributed by atoms with E-state index >= 15 is 0 Å². The van der Waals surface area contributed by atoms with Crippen molar-refractivity contribution in [3.63, 3.8) is 0 Å². The lowest BCUT2D eigenvalue weighted by Gasteiger charge is -2.12. The zero-order chi connectivity index (χ0) is 26.7. The summed E-state index contributed by atoms with van der Waals surface area (Å²) in [6.45, 7) is -0.131. The second-order valence-corrected chi connectivity index (χ2v) is 10.3. The number of anilines is 2. The minimum absolute atomic E-state index is 0.0138. The lowest BCUT2D eigenvalue weighted by atomic mass is 10.2. The predicted molar refractivity (Wildman–Crippen MR) is 135 cm³/mol. The van der Waals surface area contributed by atoms with Gasteiger partial charge in [-0.05, 0) is 30.3 Å². The molecular formula is C23H17Cl2F2N5O4S. The topological polar surface area (TPSA) is 115 Å². The van der Waals surface area contributed by atoms with E-state index in [0.29, 0.717) is 5.56 Å². The fraction of sp³-hybridized carbons (Fsp3) is 0.0870. The van der Waals surface area contributed by atoms with Crippen molar-refractivity contribution in [2.24, 2.45) is 0 Å². The molecule has 0 unspecified atom stereocenters. The van der Waals surface area contributed by atoms with Crippen molar-refractivity contribution in [2.45, 2.75) is 6.61 Å². The SMILES string of the molecule is CS(=O)(=O)Nc1cc(Cl)cc(NC(=O)c2cc(Cl)n(-c3ncc(F)cc3OCc3cncc(F)c3)c2)c1. The number of pyridine rings is 2. The summed E-state index contributed by atoms with van der Waals surface area (Å²) in [4.78, 5) is 20.6. The van der Waals surface area contributed by atoms with Crippen LogP contribution in [0.4, 0.5) is 20.2 Å². The first-order valence-corrected chi connectivity index (χ1v) is 13.0. The van der Waals surface area contributed by atoms with Gasteiger partial charge in [0.05, 0.1) is 29.9 Å². The van der Waals surface area contributed by atoms with E-state index in [2.05, 4.69) is 20.0 Å². The zero-order valence-corrected chi connectivity index (χ0v) is 21.2. The lowest BCUT2D eigenvalue weighted by Crippen LogP contribution is -2.13. The second kappa shape index (κ2) is 10.7. The van der Waals surface area contributed by atoms with Crippen LogP contribution in [-0.2, 0) is 16.6 Å². The van der Waals surface area contributed by atoms with Crippen molar-refractivity contribution in [1.82, 2.24) is 14.5 Å². The molecular weight excluding hydrogens is 551 g/mol. The number of hydrogen-bond acceptors (Lipinski definition) is 6. The van der Waals surface area contributed by atoms with Crippen molar-refractivity contribution in [2.75, 3.05) is 16.3 Å². The van der Waals surface area contributed by atoms with Crippen LogP contribution in [0, 0.1) is 11.6 Å². The van der Waals surface area contributed by atoms with Crippen LogP contribution in [0.5, 0.6) is 5.75 Å². The first-order valence-electron chi connectivity index (χ1n) is 10.3. The lowest BCUT2D eigenvalue weighted by molar-refractivity contribution is 0.102. The highest BCUT2D eigenvalue weighted by Gasteiger charge is 2.18. The highest BCUT2D eigenvalue weighted by Crippen LogP contribution is 2.29. The molecule has 0 aliphatic heterocycles. The third-order valence-corrected chi connectivity index (χ3v) is 5.79. The van der Waals surface area contributed by atoms with E-state index in [0.717, 1.165) is 24.7 Å². The van der Waals surface area contributed by atoms with Crippen molar-refractivity contribution in [3.05, 3.63) is 94.1 Å². The molecule has 0 bridgehead atoms. The molecule has 4 rings (SSSR count). The van der Waals surface area contributed by atoms with Crippen LogP contribution < -0.4 is 14.8 Å². The van der Waals surface area contributed by atoms with Gasteiger partial charge in [-0.3, -0.25) is 19.1 Å². The first-order chi connectivity index (χ1) is 17.5. The molecule has 0 radical (unpaired) electrons. The molecule has 4 aromatic rings. The summed E-state index contributed by atoms with van der Waals surface area (Å²) in [7, 11) is -3.57. The van der Waals surface area contributed by atoms with Gasteiger partial charge >= 0.3 is 0 Å². The van der Waals surface area contributed by atoms with E-state index in [1.165, 1.54) is 47.3 Å². The van der Waals surface area contributed by atoms with Crippen LogP contribution in [0.15, 0.2) is 61.2 Å². The Bertz CT molecular complexity index is 1600. The second-order valence-electron chi connectivity index (χ2n) is 7.75. The van der Waals surface area contributed by atoms with E-state index < -0.39 is 27.6 Å². The smallest absolute Gasteiger partial charge is 0.257 e. The largest absolute Gasteiger partial charge is 0.485 e. The van der Waals surface area contributed by atoms with E-state index in [-0.39, 0.29) is 45.3 Å². The van der Waals surface area contributed by atoms with Crippen LogP contribution in [0.3, 0.4) is 0 Å². The minimum Gasteiger partial charge on any atom is -0.485 e. The van der Waals surface area contributed by atoms with Gasteiger partial charge in [0.1, 0.15) is 23.4 Å². The molecule has 0 aliphatic carbocycles. The number of nitrogens with one attached hydrogen (secondary N) is 2. The highest BCUT2D eigenvalue weighted by molar-refractivity contribution is 7.92. The minimum atomic E-state index is -3.57. The quantitative estimate of drug-likeness (QED) is 0.307. The Morgan fingerprint density at radius 3 is 2.49 bits per heavy atom. The van der Waals surface area contributed by atoms with Gasteiger partial charge in [-0.2, -0.15) is 0 Å². The molecule has 0 saturated carbocycles. The van der Waals surface area contributed by atoms with Crippen LogP contribution >= 0.6 is 23.2 Å². The van der Waals surface area contributed by atoms with E-state index in [1.807, 2.05) is 0 Å². The van der Waals surface area contributed by atoms with Crippen molar-refractivity contribution in [3.8, 4) is 11.6 Å². The molecule has 0 fully saturated rings. The maximum absolute atomic E-state index is 13.9. The molecule has 3 heterocycles. The monoisotopic (exact) mass is 567 g/mol. The number of sulfonamides is 1. The number of carbonyl (C=O) groups excluding carboxylic acids is 1. The fourth-order valence-electron chi connectivity index (χ4n) is 3.26. The molecule has 1 aromatic carbocycles. The average molecular weight is 568 g/mol. The Kier molecular flexibility index (Phi) is 7.62. The van der Waals surface area contributed by atoms with Gasteiger partial charge in [0, 0.05) is 34.7 Å². The van der Waals surface area contributed by atoms with Gasteiger partial charge in [-0.1, -0.05) is 23.2 Å². The fourth-order valence-corrected chi connectivity index (χ4v) is 4.28. The Balaban J connectivity index is 1.58. The number of benzene rings is 1. The summed E-state index contributed by atoms with van der Waals surface area (Å²) in [5.41, 5.74) is 0.890. The van der Waals surface area contributed by atoms with Gasteiger partial charge in [-0.25, -0.2) is 22.2 Å². The third kappa shape index (κ3) is 6.94. The van der Waals surface area contributed by atoms with Gasteiger partial charge in [-0.15, -0.1) is 0 Å². The molecule has 1 amide bonds. The standard InChI is InChI=1S/C23H17Cl2F2N5O4S/c1-37(34,35)31-19-5-15(24)4-18(7-19)30-23(33)14-3-21(25)32(11-14)22-20(6-17(27)10-29-22)36-12-13-2-16(26)9-28-8-13/h2-11,31H,12H2,1H3,(H,30,33). The Morgan fingerprint density at radius 2 is 1.76 bits per heavy atom. The van der Waals surface area contributed by atoms with Gasteiger partial charge in [0.2, 0.25) is 10.0 Å². The molecule has 0 saturated heterocycles. The van der Waals surface area contributed by atoms with Crippen LogP contribution in [0.2, 0.25) is 10.2 Å². The molecule has 14 heteroatoms. The molecule has 2 N–H and O–H groups in total. The number of carbonyl (C=O) groups is 1. The van der Waals surface area contributed by atoms with Crippen LogP contribution in [0.1, 0.15) is 15.9 Å². The van der Waals surface area contributed by atoms with Crippen LogP contribution in [0.25, 0.3) is 5.82 Å². The molecule has 0 aliphatic rings. The van der Waals surface area contributed by atoms with E-state index in [9.17, 15) is 22.0 Å². The highest BCUT2D eigenvalue weighted by atomic mass is 35.5. The molecule has 192 valence electrons. The summed E-state index contributed by atoms with van der Waals surface area (Å²) in [6, 6.07) is 7.85. The van der Waals surface area contributed by atoms with Crippen molar-refractivity contribution in [1.29, 1.82) is 0 Å². The number of rotatable bonds is 8. The normalized spacial score (nSPS) is 11.3. The summed E-state index contributed by atoms with van der Waals surface area (Å²) < 4.78 is 59.6. The van der Waals surface area contributed by atoms with Crippen molar-refractivity contribution < 1.29 is 26.7 Å². The summed E-state index contributed by atoms with van der Waals surface area (Å²) in [5.74, 6) is -1.76. The third-order valence-electron chi connectivity index (χ3n) is 4.68. The Labute approximate surface area is 220 Å². The van der Waals surface area contributed by atoms with Gasteiger partial charge in [0.15, 0.2) is 11.6 Å². The average Bonchev–Trinajstić information content (AvgIpc) is 3.18. The molecule has 0 atom stereocenters. The van der Waals surface area contributed by atoms with E-state index in [1.54, 1.807) is 0 Å². The summed E-state index contributed by atoms with van der Waals surface area (Å²) >= 11 is 12.4. The molecule has 3 aromatic heterocycles. The molecule has 9 nitrogen and oxygen atoms in total. The number of ether oxygens (including phenoxy) is 1. The number of hydrogen-bond donors (Lipinski definition) is 2. The predicted octanol–water partition coefficient (Wildman–Crippen LogP) is 5.06. The maximum Gasteiger partial charge on any atom is 0.257 e. The Morgan fingerprint density at radius 1 is 1.03 bits per heavy atom. The number of halogens is 4. The van der Waals surface area contributed by atoms with Gasteiger partial charge in [0.25, 0.3) is 5.91 Å². The molecule has 0 spiro atoms. The maximum atomic E-state index is 13.9. The number of aromatic nitrogens is 3. The summed E-state index contributed by atoms with van der Waals surface area (Å²) in [5, 5.41) is 2.86. The van der Waals surface area contributed by atoms with E-state index in [4.69, 9.17) is 27.9 Å². The Hall–Kier alpha value is -3.74. The number of nitrogens with zero attached hydrogens (tertiary/aromatic N) is 3. The van der Waals surface area contributed by atoms with Crippen LogP contribution in [-0.4, -0.2) is 35.1 Å². The summed E-state index contributed by atoms with van der Waals surface area (Å²) in [6.07, 6.45) is 5.72. The number of amides is 1. The van der Waals surface area contributed by atoms with Crippen molar-refractivity contribution >= 4 is 50.5 Å². The first kappa shape index (κ1) is 26.3. The zero-order valence-electron chi connectivity index (χ0n) is 18.9.